The van der Waals surface area contributed by atoms with Gasteiger partial charge < -0.3 is 5.32 Å². The third-order valence-corrected chi connectivity index (χ3v) is 7.15. The Morgan fingerprint density at radius 1 is 1.32 bits per heavy atom. The van der Waals surface area contributed by atoms with Crippen LogP contribution in [0.3, 0.4) is 0 Å². The second-order valence-electron chi connectivity index (χ2n) is 5.44. The van der Waals surface area contributed by atoms with Gasteiger partial charge in [-0.15, -0.1) is 0 Å². The van der Waals surface area contributed by atoms with E-state index in [0.29, 0.717) is 13.1 Å². The molecule has 1 saturated heterocycles. The van der Waals surface area contributed by atoms with Crippen LogP contribution in [0.4, 0.5) is 0 Å². The maximum absolute atomic E-state index is 12.7. The standard InChI is InChI=1S/C13H19ClN2O4S2/c1-15-8-10-5-6-16(9-10)22(19,20)13-7-11(21(2,17)18)3-4-12(13)14/h3-4,7,10,15H,5-6,8-9H2,1-2H3/t10-/m0/s1. The van der Waals surface area contributed by atoms with E-state index >= 15 is 0 Å². The summed E-state index contributed by atoms with van der Waals surface area (Å²) < 4.78 is 50.0. The summed E-state index contributed by atoms with van der Waals surface area (Å²) in [4.78, 5) is -0.205. The zero-order chi connectivity index (χ0) is 16.5. The molecule has 0 radical (unpaired) electrons. The molecule has 2 rings (SSSR count). The van der Waals surface area contributed by atoms with Gasteiger partial charge in [0.25, 0.3) is 0 Å². The average Bonchev–Trinajstić information content (AvgIpc) is 2.87. The minimum absolute atomic E-state index is 0.0319. The van der Waals surface area contributed by atoms with Crippen molar-refractivity contribution in [2.75, 3.05) is 32.9 Å². The summed E-state index contributed by atoms with van der Waals surface area (Å²) in [6, 6.07) is 3.76. The van der Waals surface area contributed by atoms with Crippen LogP contribution in [0.1, 0.15) is 6.42 Å². The fourth-order valence-corrected chi connectivity index (χ4v) is 5.27. The Balaban J connectivity index is 2.38. The summed E-state index contributed by atoms with van der Waals surface area (Å²) in [5, 5.41) is 3.07. The van der Waals surface area contributed by atoms with Crippen molar-refractivity contribution < 1.29 is 16.8 Å². The molecule has 9 heteroatoms. The molecule has 0 aromatic heterocycles. The number of hydrogen-bond acceptors (Lipinski definition) is 5. The Hall–Kier alpha value is -0.670. The number of hydrogen-bond donors (Lipinski definition) is 1. The third-order valence-electron chi connectivity index (χ3n) is 3.69. The Bertz CT molecular complexity index is 762. The second-order valence-corrected chi connectivity index (χ2v) is 9.77. The first kappa shape index (κ1) is 17.7. The van der Waals surface area contributed by atoms with Crippen LogP contribution in [0, 0.1) is 5.92 Å². The van der Waals surface area contributed by atoms with Crippen molar-refractivity contribution in [3.8, 4) is 0 Å². The highest BCUT2D eigenvalue weighted by Crippen LogP contribution is 2.30. The van der Waals surface area contributed by atoms with Crippen molar-refractivity contribution in [3.05, 3.63) is 23.2 Å². The molecule has 0 aliphatic carbocycles. The van der Waals surface area contributed by atoms with Crippen LogP contribution in [0.5, 0.6) is 0 Å². The van der Waals surface area contributed by atoms with Crippen LogP contribution < -0.4 is 5.32 Å². The highest BCUT2D eigenvalue weighted by Gasteiger charge is 2.34. The number of halogens is 1. The van der Waals surface area contributed by atoms with Gasteiger partial charge in [0.15, 0.2) is 9.84 Å². The third kappa shape index (κ3) is 3.62. The van der Waals surface area contributed by atoms with E-state index in [1.807, 2.05) is 7.05 Å². The molecule has 0 saturated carbocycles. The number of benzene rings is 1. The fourth-order valence-electron chi connectivity index (χ4n) is 2.52. The highest BCUT2D eigenvalue weighted by atomic mass is 35.5. The molecule has 1 fully saturated rings. The fraction of sp³-hybridized carbons (Fsp3) is 0.538. The predicted molar refractivity (Wildman–Crippen MR) is 85.4 cm³/mol. The molecular formula is C13H19ClN2O4S2. The molecule has 1 heterocycles. The molecule has 1 aliphatic heterocycles. The number of nitrogens with zero attached hydrogens (tertiary/aromatic N) is 1. The summed E-state index contributed by atoms with van der Waals surface area (Å²) in [6.45, 7) is 1.56. The summed E-state index contributed by atoms with van der Waals surface area (Å²) in [6.07, 6.45) is 1.80. The van der Waals surface area contributed by atoms with E-state index in [0.717, 1.165) is 25.3 Å². The number of sulfonamides is 1. The van der Waals surface area contributed by atoms with Crippen molar-refractivity contribution in [2.45, 2.75) is 16.2 Å². The summed E-state index contributed by atoms with van der Waals surface area (Å²) in [5.41, 5.74) is 0. The summed E-state index contributed by atoms with van der Waals surface area (Å²) in [7, 11) is -5.47. The van der Waals surface area contributed by atoms with Crippen molar-refractivity contribution in [2.24, 2.45) is 5.92 Å². The molecule has 0 amide bonds. The van der Waals surface area contributed by atoms with E-state index < -0.39 is 19.9 Å². The van der Waals surface area contributed by atoms with E-state index in [4.69, 9.17) is 11.6 Å². The molecule has 1 aromatic rings. The van der Waals surface area contributed by atoms with Crippen molar-refractivity contribution in [1.82, 2.24) is 9.62 Å². The molecule has 1 aromatic carbocycles. The predicted octanol–water partition coefficient (Wildman–Crippen LogP) is 0.974. The number of rotatable bonds is 5. The first-order valence-corrected chi connectivity index (χ1v) is 10.5. The van der Waals surface area contributed by atoms with E-state index in [2.05, 4.69) is 5.32 Å². The lowest BCUT2D eigenvalue weighted by Gasteiger charge is -2.18. The first-order chi connectivity index (χ1) is 10.2. The Morgan fingerprint density at radius 3 is 2.59 bits per heavy atom. The molecule has 124 valence electrons. The summed E-state index contributed by atoms with van der Waals surface area (Å²) >= 11 is 5.99. The quantitative estimate of drug-likeness (QED) is 0.839. The molecule has 0 bridgehead atoms. The van der Waals surface area contributed by atoms with Gasteiger partial charge in [0.05, 0.1) is 9.92 Å². The molecule has 1 N–H and O–H groups in total. The molecule has 1 atom stereocenters. The minimum atomic E-state index is -3.79. The van der Waals surface area contributed by atoms with Crippen molar-refractivity contribution in [1.29, 1.82) is 0 Å². The normalized spacial score (nSPS) is 20.4. The minimum Gasteiger partial charge on any atom is -0.319 e. The zero-order valence-electron chi connectivity index (χ0n) is 12.4. The van der Waals surface area contributed by atoms with Gasteiger partial charge >= 0.3 is 0 Å². The van der Waals surface area contributed by atoms with E-state index in [9.17, 15) is 16.8 Å². The van der Waals surface area contributed by atoms with Crippen LogP contribution in [0.2, 0.25) is 5.02 Å². The average molecular weight is 367 g/mol. The summed E-state index contributed by atoms with van der Waals surface area (Å²) in [5.74, 6) is 0.247. The van der Waals surface area contributed by atoms with E-state index in [1.54, 1.807) is 0 Å². The van der Waals surface area contributed by atoms with Crippen molar-refractivity contribution in [3.63, 3.8) is 0 Å². The molecule has 0 unspecified atom stereocenters. The lowest BCUT2D eigenvalue weighted by Crippen LogP contribution is -2.30. The van der Waals surface area contributed by atoms with Gasteiger partial charge in [0.1, 0.15) is 4.90 Å². The van der Waals surface area contributed by atoms with Crippen LogP contribution >= 0.6 is 11.6 Å². The van der Waals surface area contributed by atoms with E-state index in [-0.39, 0.29) is 20.7 Å². The van der Waals surface area contributed by atoms with Crippen LogP contribution in [-0.2, 0) is 19.9 Å². The molecule has 1 aliphatic rings. The van der Waals surface area contributed by atoms with Gasteiger partial charge in [0, 0.05) is 19.3 Å². The van der Waals surface area contributed by atoms with Gasteiger partial charge in [0.2, 0.25) is 10.0 Å². The maximum atomic E-state index is 12.7. The van der Waals surface area contributed by atoms with Gasteiger partial charge in [-0.2, -0.15) is 4.31 Å². The molecular weight excluding hydrogens is 348 g/mol. The number of nitrogens with one attached hydrogen (secondary N) is 1. The SMILES string of the molecule is CNC[C@@H]1CCN(S(=O)(=O)c2cc(S(C)(=O)=O)ccc2Cl)C1. The topological polar surface area (TPSA) is 83.6 Å². The maximum Gasteiger partial charge on any atom is 0.244 e. The monoisotopic (exact) mass is 366 g/mol. The Kier molecular flexibility index (Phi) is 5.18. The smallest absolute Gasteiger partial charge is 0.244 e. The lowest BCUT2D eigenvalue weighted by molar-refractivity contribution is 0.451. The first-order valence-electron chi connectivity index (χ1n) is 6.80. The Morgan fingerprint density at radius 2 is 2.00 bits per heavy atom. The van der Waals surface area contributed by atoms with Crippen LogP contribution in [0.25, 0.3) is 0 Å². The highest BCUT2D eigenvalue weighted by molar-refractivity contribution is 7.91. The lowest BCUT2D eigenvalue weighted by atomic mass is 10.1. The van der Waals surface area contributed by atoms with Crippen LogP contribution in [-0.4, -0.2) is 54.1 Å². The van der Waals surface area contributed by atoms with Gasteiger partial charge in [-0.1, -0.05) is 11.6 Å². The molecule has 6 nitrogen and oxygen atoms in total. The molecule has 0 spiro atoms. The van der Waals surface area contributed by atoms with Gasteiger partial charge in [-0.3, -0.25) is 0 Å². The van der Waals surface area contributed by atoms with Gasteiger partial charge in [-0.05, 0) is 44.1 Å². The van der Waals surface area contributed by atoms with Crippen molar-refractivity contribution >= 4 is 31.5 Å². The zero-order valence-corrected chi connectivity index (χ0v) is 14.8. The Labute approximate surface area is 136 Å². The molecule has 22 heavy (non-hydrogen) atoms. The van der Waals surface area contributed by atoms with Gasteiger partial charge in [-0.25, -0.2) is 16.8 Å². The number of sulfone groups is 1. The second kappa shape index (κ2) is 6.45. The largest absolute Gasteiger partial charge is 0.319 e. The van der Waals surface area contributed by atoms with Crippen LogP contribution in [0.15, 0.2) is 28.0 Å². The van der Waals surface area contributed by atoms with E-state index in [1.165, 1.54) is 16.4 Å².